The number of rotatable bonds is 7. The van der Waals surface area contributed by atoms with Gasteiger partial charge in [-0.3, -0.25) is 14.4 Å². The SMILES string of the molecule is CC(=O)N(c1ccc(C)c(C(O[SiH](c2ccccc2)c2ccccc2)C(C)(C)C)c1C)N1C(=O)c2ccccc2C1=O. The molecule has 0 saturated heterocycles. The van der Waals surface area contributed by atoms with E-state index in [1.807, 2.05) is 62.4 Å². The van der Waals surface area contributed by atoms with Crippen molar-refractivity contribution in [2.24, 2.45) is 5.41 Å². The lowest BCUT2D eigenvalue weighted by Crippen LogP contribution is -2.50. The maximum Gasteiger partial charge on any atom is 0.281 e. The van der Waals surface area contributed by atoms with Crippen molar-refractivity contribution in [2.45, 2.75) is 47.6 Å². The Morgan fingerprint density at radius 3 is 1.69 bits per heavy atom. The monoisotopic (exact) mass is 576 g/mol. The van der Waals surface area contributed by atoms with Crippen LogP contribution in [0.4, 0.5) is 5.69 Å². The second-order valence-corrected chi connectivity index (χ2v) is 14.2. The van der Waals surface area contributed by atoms with Crippen LogP contribution in [0.2, 0.25) is 0 Å². The number of nitrogens with zero attached hydrogens (tertiary/aromatic N) is 2. The second-order valence-electron chi connectivity index (χ2n) is 11.8. The molecule has 1 aliphatic heterocycles. The van der Waals surface area contributed by atoms with E-state index < -0.39 is 26.8 Å². The predicted molar refractivity (Wildman–Crippen MR) is 169 cm³/mol. The average Bonchev–Trinajstić information content (AvgIpc) is 3.21. The summed E-state index contributed by atoms with van der Waals surface area (Å²) in [4.78, 5) is 40.1. The van der Waals surface area contributed by atoms with Crippen molar-refractivity contribution in [3.05, 3.63) is 125 Å². The summed E-state index contributed by atoms with van der Waals surface area (Å²) >= 11 is 0. The number of aryl methyl sites for hydroxylation is 1. The molecule has 0 aliphatic carbocycles. The van der Waals surface area contributed by atoms with Crippen LogP contribution in [0.3, 0.4) is 0 Å². The molecule has 3 amide bonds. The molecule has 214 valence electrons. The van der Waals surface area contributed by atoms with Crippen LogP contribution in [-0.4, -0.2) is 31.8 Å². The van der Waals surface area contributed by atoms with Crippen molar-refractivity contribution in [2.75, 3.05) is 5.01 Å². The van der Waals surface area contributed by atoms with E-state index in [4.69, 9.17) is 4.43 Å². The minimum Gasteiger partial charge on any atom is -0.403 e. The summed E-state index contributed by atoms with van der Waals surface area (Å²) in [7, 11) is -2.16. The van der Waals surface area contributed by atoms with Gasteiger partial charge in [-0.1, -0.05) is 99.6 Å². The number of carbonyl (C=O) groups excluding carboxylic acids is 3. The zero-order valence-corrected chi connectivity index (χ0v) is 26.1. The number of benzene rings is 4. The van der Waals surface area contributed by atoms with Crippen LogP contribution in [0.25, 0.3) is 0 Å². The van der Waals surface area contributed by atoms with Crippen molar-refractivity contribution in [3.63, 3.8) is 0 Å². The predicted octanol–water partition coefficient (Wildman–Crippen LogP) is 5.51. The molecule has 4 aromatic rings. The van der Waals surface area contributed by atoms with Gasteiger partial charge in [0.1, 0.15) is 0 Å². The molecular weight excluding hydrogens is 540 g/mol. The van der Waals surface area contributed by atoms with Crippen molar-refractivity contribution >= 4 is 42.8 Å². The largest absolute Gasteiger partial charge is 0.403 e. The minimum atomic E-state index is -2.16. The molecule has 5 rings (SSSR count). The summed E-state index contributed by atoms with van der Waals surface area (Å²) in [6.07, 6.45) is -0.342. The number of hydrogen-bond donors (Lipinski definition) is 0. The Morgan fingerprint density at radius 1 is 0.762 bits per heavy atom. The molecule has 0 fully saturated rings. The standard InChI is InChI=1S/C35H36N2O4Si/c1-23-21-22-30(36(25(3)38)37-33(39)28-19-13-14-20-29(28)34(37)40)24(2)31(23)32(35(4,5)6)41-42(26-15-9-7-10-16-26)27-17-11-8-12-18-27/h7-22,32,42H,1-6H3. The van der Waals surface area contributed by atoms with Gasteiger partial charge < -0.3 is 4.43 Å². The lowest BCUT2D eigenvalue weighted by Gasteiger charge is -2.38. The van der Waals surface area contributed by atoms with E-state index in [9.17, 15) is 14.4 Å². The molecule has 0 spiro atoms. The van der Waals surface area contributed by atoms with Gasteiger partial charge in [-0.2, -0.15) is 5.01 Å². The number of imide groups is 1. The van der Waals surface area contributed by atoms with Crippen LogP contribution in [0.5, 0.6) is 0 Å². The normalized spacial score (nSPS) is 13.8. The lowest BCUT2D eigenvalue weighted by atomic mass is 9.81. The fourth-order valence-corrected chi connectivity index (χ4v) is 8.37. The van der Waals surface area contributed by atoms with Gasteiger partial charge in [0.25, 0.3) is 11.8 Å². The van der Waals surface area contributed by atoms with Crippen molar-refractivity contribution in [1.82, 2.24) is 5.01 Å². The third-order valence-corrected chi connectivity index (χ3v) is 10.3. The summed E-state index contributed by atoms with van der Waals surface area (Å²) in [5.41, 5.74) is 3.48. The van der Waals surface area contributed by atoms with E-state index >= 15 is 0 Å². The summed E-state index contributed by atoms with van der Waals surface area (Å²) in [5, 5.41) is 4.51. The molecule has 1 aliphatic rings. The second kappa shape index (κ2) is 11.5. The first-order valence-corrected chi connectivity index (χ1v) is 15.8. The van der Waals surface area contributed by atoms with Gasteiger partial charge in [-0.05, 0) is 64.5 Å². The maximum atomic E-state index is 13.4. The summed E-state index contributed by atoms with van der Waals surface area (Å²) in [6, 6.07) is 31.1. The van der Waals surface area contributed by atoms with Crippen LogP contribution in [-0.2, 0) is 9.22 Å². The van der Waals surface area contributed by atoms with Crippen molar-refractivity contribution in [3.8, 4) is 0 Å². The molecule has 0 N–H and O–H groups in total. The molecule has 42 heavy (non-hydrogen) atoms. The average molecular weight is 577 g/mol. The van der Waals surface area contributed by atoms with E-state index in [0.717, 1.165) is 21.7 Å². The van der Waals surface area contributed by atoms with Gasteiger partial charge >= 0.3 is 0 Å². The first kappa shape index (κ1) is 29.2. The Labute approximate surface area is 249 Å². The van der Waals surface area contributed by atoms with E-state index in [0.29, 0.717) is 5.69 Å². The van der Waals surface area contributed by atoms with Crippen molar-refractivity contribution in [1.29, 1.82) is 0 Å². The van der Waals surface area contributed by atoms with E-state index in [-0.39, 0.29) is 22.6 Å². The number of anilines is 1. The summed E-state index contributed by atoms with van der Waals surface area (Å²) < 4.78 is 7.24. The first-order chi connectivity index (χ1) is 20.0. The van der Waals surface area contributed by atoms with Crippen LogP contribution in [0.1, 0.15) is 71.2 Å². The molecule has 0 radical (unpaired) electrons. The van der Waals surface area contributed by atoms with E-state index in [1.165, 1.54) is 22.3 Å². The fourth-order valence-electron chi connectivity index (χ4n) is 5.71. The molecule has 4 aromatic carbocycles. The quantitative estimate of drug-likeness (QED) is 0.215. The van der Waals surface area contributed by atoms with Gasteiger partial charge in [0.05, 0.1) is 22.9 Å². The Bertz CT molecular complexity index is 1570. The Kier molecular flexibility index (Phi) is 7.99. The smallest absolute Gasteiger partial charge is 0.281 e. The highest BCUT2D eigenvalue weighted by atomic mass is 28.3. The maximum absolute atomic E-state index is 13.4. The lowest BCUT2D eigenvalue weighted by molar-refractivity contribution is -0.118. The molecule has 0 aromatic heterocycles. The van der Waals surface area contributed by atoms with Gasteiger partial charge in [-0.25, -0.2) is 5.01 Å². The van der Waals surface area contributed by atoms with Gasteiger partial charge in [0, 0.05) is 6.92 Å². The molecule has 0 saturated carbocycles. The highest BCUT2D eigenvalue weighted by Gasteiger charge is 2.42. The van der Waals surface area contributed by atoms with Crippen LogP contribution in [0.15, 0.2) is 97.1 Å². The number of hydrazine groups is 1. The van der Waals surface area contributed by atoms with E-state index in [1.54, 1.807) is 24.3 Å². The van der Waals surface area contributed by atoms with Crippen molar-refractivity contribution < 1.29 is 18.8 Å². The first-order valence-electron chi connectivity index (χ1n) is 14.1. The Balaban J connectivity index is 1.63. The van der Waals surface area contributed by atoms with Crippen LogP contribution in [0, 0.1) is 19.3 Å². The third-order valence-electron chi connectivity index (χ3n) is 7.73. The summed E-state index contributed by atoms with van der Waals surface area (Å²) in [6.45, 7) is 11.8. The molecule has 1 heterocycles. The zero-order valence-electron chi connectivity index (χ0n) is 24.9. The molecule has 7 heteroatoms. The minimum absolute atomic E-state index is 0.286. The third kappa shape index (κ3) is 5.33. The molecule has 6 nitrogen and oxygen atoms in total. The van der Waals surface area contributed by atoms with Crippen LogP contribution >= 0.6 is 0 Å². The van der Waals surface area contributed by atoms with Crippen LogP contribution < -0.4 is 15.4 Å². The highest BCUT2D eigenvalue weighted by molar-refractivity contribution is 6.80. The molecule has 1 atom stereocenters. The topological polar surface area (TPSA) is 66.9 Å². The molecule has 1 unspecified atom stereocenters. The number of fused-ring (bicyclic) bond motifs is 1. The number of hydrogen-bond acceptors (Lipinski definition) is 4. The van der Waals surface area contributed by atoms with Gasteiger partial charge in [0.15, 0.2) is 0 Å². The highest BCUT2D eigenvalue weighted by Crippen LogP contribution is 2.43. The number of amides is 3. The van der Waals surface area contributed by atoms with Gasteiger partial charge in [-0.15, -0.1) is 0 Å². The molecular formula is C35H36N2O4Si. The Hall–Kier alpha value is -4.33. The number of carbonyl (C=O) groups is 3. The van der Waals surface area contributed by atoms with E-state index in [2.05, 4.69) is 45.0 Å². The Morgan fingerprint density at radius 2 is 1.24 bits per heavy atom. The summed E-state index contributed by atoms with van der Waals surface area (Å²) in [5.74, 6) is -1.47. The zero-order chi connectivity index (χ0) is 30.2. The van der Waals surface area contributed by atoms with Gasteiger partial charge in [0.2, 0.25) is 14.9 Å². The molecule has 0 bridgehead atoms. The fraction of sp³-hybridized carbons (Fsp3) is 0.229.